The molecule has 0 N–H and O–H groups in total. The van der Waals surface area contributed by atoms with Crippen LogP contribution in [0.1, 0.15) is 87.1 Å². The minimum atomic E-state index is -3.55. The van der Waals surface area contributed by atoms with E-state index in [2.05, 4.69) is 38.4 Å². The highest BCUT2D eigenvalue weighted by molar-refractivity contribution is 7.89. The average Bonchev–Trinajstić information content (AvgIpc) is 3.14. The molecule has 29 heavy (non-hydrogen) atoms. The highest BCUT2D eigenvalue weighted by Crippen LogP contribution is 2.31. The van der Waals surface area contributed by atoms with Gasteiger partial charge in [-0.05, 0) is 49.8 Å². The molecule has 1 aromatic heterocycles. The summed E-state index contributed by atoms with van der Waals surface area (Å²) in [6.45, 7) is 11.0. The Balaban J connectivity index is 1.75. The maximum absolute atomic E-state index is 13.0. The minimum Gasteiger partial charge on any atom is -0.295 e. The van der Waals surface area contributed by atoms with Crippen molar-refractivity contribution in [2.75, 3.05) is 13.1 Å². The number of ketones is 1. The lowest BCUT2D eigenvalue weighted by molar-refractivity contribution is 0.101. The van der Waals surface area contributed by atoms with E-state index in [1.807, 2.05) is 0 Å². The van der Waals surface area contributed by atoms with Crippen LogP contribution in [0.2, 0.25) is 0 Å². The van der Waals surface area contributed by atoms with Crippen molar-refractivity contribution in [2.45, 2.75) is 70.2 Å². The van der Waals surface area contributed by atoms with E-state index in [-0.39, 0.29) is 16.7 Å². The molecule has 0 radical (unpaired) electrons. The maximum atomic E-state index is 13.0. The summed E-state index contributed by atoms with van der Waals surface area (Å²) in [6.07, 6.45) is 1.48. The van der Waals surface area contributed by atoms with Crippen molar-refractivity contribution in [3.05, 3.63) is 47.3 Å². The van der Waals surface area contributed by atoms with Crippen LogP contribution < -0.4 is 0 Å². The van der Waals surface area contributed by atoms with Crippen LogP contribution >= 0.6 is 0 Å². The fourth-order valence-electron chi connectivity index (χ4n) is 3.77. The van der Waals surface area contributed by atoms with Gasteiger partial charge >= 0.3 is 0 Å². The molecule has 6 nitrogen and oxygen atoms in total. The molecule has 1 aromatic carbocycles. The third kappa shape index (κ3) is 4.46. The molecular weight excluding hydrogens is 386 g/mol. The van der Waals surface area contributed by atoms with E-state index in [0.29, 0.717) is 30.5 Å². The predicted molar refractivity (Wildman–Crippen MR) is 114 cm³/mol. The lowest BCUT2D eigenvalue weighted by Gasteiger charge is -2.32. The van der Waals surface area contributed by atoms with Crippen LogP contribution in [-0.4, -0.2) is 41.4 Å². The Morgan fingerprint density at radius 2 is 1.62 bits per heavy atom. The molecular formula is C22H31N3O3S. The molecule has 0 bridgehead atoms. The van der Waals surface area contributed by atoms with Gasteiger partial charge < -0.3 is 0 Å². The number of hydrogen-bond acceptors (Lipinski definition) is 4. The molecule has 1 saturated heterocycles. The Morgan fingerprint density at radius 3 is 2.10 bits per heavy atom. The summed E-state index contributed by atoms with van der Waals surface area (Å²) < 4.78 is 29.7. The van der Waals surface area contributed by atoms with Gasteiger partial charge in [0, 0.05) is 24.3 Å². The first-order chi connectivity index (χ1) is 13.6. The number of benzene rings is 1. The first-order valence-corrected chi connectivity index (χ1v) is 11.8. The zero-order valence-corrected chi connectivity index (χ0v) is 18.7. The number of hydrogen-bond donors (Lipinski definition) is 0. The summed E-state index contributed by atoms with van der Waals surface area (Å²) in [7, 11) is -3.55. The van der Waals surface area contributed by atoms with Gasteiger partial charge in [0.1, 0.15) is 0 Å². The molecule has 0 spiro atoms. The topological polar surface area (TPSA) is 72.3 Å². The van der Waals surface area contributed by atoms with Crippen LogP contribution in [0.4, 0.5) is 0 Å². The Bertz CT molecular complexity index is 967. The lowest BCUT2D eigenvalue weighted by Crippen LogP contribution is -2.39. The quantitative estimate of drug-likeness (QED) is 0.655. The van der Waals surface area contributed by atoms with Crippen molar-refractivity contribution in [1.29, 1.82) is 0 Å². The number of aromatic nitrogens is 2. The first kappa shape index (κ1) is 21.7. The van der Waals surface area contributed by atoms with Crippen LogP contribution in [-0.2, 0) is 10.0 Å². The van der Waals surface area contributed by atoms with E-state index in [1.54, 1.807) is 16.4 Å². The Morgan fingerprint density at radius 1 is 1.03 bits per heavy atom. The van der Waals surface area contributed by atoms with E-state index >= 15 is 0 Å². The predicted octanol–water partition coefficient (Wildman–Crippen LogP) is 4.36. The van der Waals surface area contributed by atoms with E-state index in [1.165, 1.54) is 24.8 Å². The number of carbonyl (C=O) groups is 1. The number of carbonyl (C=O) groups excluding carboxylic acids is 1. The van der Waals surface area contributed by atoms with Gasteiger partial charge in [-0.1, -0.05) is 39.8 Å². The molecule has 2 heterocycles. The molecule has 1 fully saturated rings. The largest absolute Gasteiger partial charge is 0.295 e. The third-order valence-electron chi connectivity index (χ3n) is 5.63. The van der Waals surface area contributed by atoms with Gasteiger partial charge in [-0.25, -0.2) is 8.42 Å². The molecule has 2 aromatic rings. The second kappa shape index (κ2) is 8.40. The summed E-state index contributed by atoms with van der Waals surface area (Å²) >= 11 is 0. The van der Waals surface area contributed by atoms with E-state index < -0.39 is 10.0 Å². The summed E-state index contributed by atoms with van der Waals surface area (Å²) in [5, 5.41) is 4.84. The van der Waals surface area contributed by atoms with Crippen molar-refractivity contribution >= 4 is 15.8 Å². The van der Waals surface area contributed by atoms with Crippen LogP contribution in [0.5, 0.6) is 0 Å². The zero-order chi connectivity index (χ0) is 21.3. The van der Waals surface area contributed by atoms with Crippen LogP contribution in [0.3, 0.4) is 0 Å². The molecule has 0 aliphatic carbocycles. The smallest absolute Gasteiger partial charge is 0.243 e. The SMILES string of the molecule is CC(=O)c1ccc(S(=O)(=O)N2CCC(n3nc(C(C)C)cc3C(C)C)CC2)cc1. The van der Waals surface area contributed by atoms with Crippen LogP contribution in [0.25, 0.3) is 0 Å². The highest BCUT2D eigenvalue weighted by atomic mass is 32.2. The van der Waals surface area contributed by atoms with Crippen LogP contribution in [0, 0.1) is 0 Å². The summed E-state index contributed by atoms with van der Waals surface area (Å²) in [5.74, 6) is 0.666. The molecule has 3 rings (SSSR count). The molecule has 7 heteroatoms. The first-order valence-electron chi connectivity index (χ1n) is 10.3. The van der Waals surface area contributed by atoms with Crippen LogP contribution in [0.15, 0.2) is 35.2 Å². The minimum absolute atomic E-state index is 0.0734. The van der Waals surface area contributed by atoms with Crippen molar-refractivity contribution in [3.8, 4) is 0 Å². The van der Waals surface area contributed by atoms with Gasteiger partial charge in [0.15, 0.2) is 5.78 Å². The van der Waals surface area contributed by atoms with Gasteiger partial charge in [-0.2, -0.15) is 9.40 Å². The zero-order valence-electron chi connectivity index (χ0n) is 17.9. The number of nitrogens with zero attached hydrogens (tertiary/aromatic N) is 3. The Kier molecular flexibility index (Phi) is 6.29. The second-order valence-electron chi connectivity index (χ2n) is 8.46. The second-order valence-corrected chi connectivity index (χ2v) is 10.4. The number of Topliss-reactive ketones (excluding diaryl/α,β-unsaturated/α-hetero) is 1. The number of rotatable bonds is 6. The normalized spacial score (nSPS) is 16.7. The summed E-state index contributed by atoms with van der Waals surface area (Å²) in [5.41, 5.74) is 2.83. The lowest BCUT2D eigenvalue weighted by atomic mass is 10.0. The highest BCUT2D eigenvalue weighted by Gasteiger charge is 2.31. The van der Waals surface area contributed by atoms with Crippen molar-refractivity contribution < 1.29 is 13.2 Å². The Hall–Kier alpha value is -1.99. The molecule has 1 aliphatic heterocycles. The molecule has 0 saturated carbocycles. The van der Waals surface area contributed by atoms with E-state index in [4.69, 9.17) is 5.10 Å². The number of sulfonamides is 1. The fraction of sp³-hybridized carbons (Fsp3) is 0.545. The van der Waals surface area contributed by atoms with Crippen molar-refractivity contribution in [1.82, 2.24) is 14.1 Å². The van der Waals surface area contributed by atoms with Crippen molar-refractivity contribution in [3.63, 3.8) is 0 Å². The van der Waals surface area contributed by atoms with Gasteiger partial charge in [0.25, 0.3) is 0 Å². The van der Waals surface area contributed by atoms with Gasteiger partial charge in [0.2, 0.25) is 10.0 Å². The molecule has 0 amide bonds. The third-order valence-corrected chi connectivity index (χ3v) is 7.55. The maximum Gasteiger partial charge on any atom is 0.243 e. The molecule has 0 atom stereocenters. The van der Waals surface area contributed by atoms with Crippen molar-refractivity contribution in [2.24, 2.45) is 0 Å². The standard InChI is InChI=1S/C22H31N3O3S/c1-15(2)21-14-22(16(3)4)25(23-21)19-10-12-24(13-11-19)29(27,28)20-8-6-18(7-9-20)17(5)26/h6-9,14-16,19H,10-13H2,1-5H3. The van der Waals surface area contributed by atoms with Gasteiger partial charge in [0.05, 0.1) is 16.6 Å². The monoisotopic (exact) mass is 417 g/mol. The van der Waals surface area contributed by atoms with Gasteiger partial charge in [-0.3, -0.25) is 9.48 Å². The summed E-state index contributed by atoms with van der Waals surface area (Å²) in [6, 6.07) is 8.61. The molecule has 0 unspecified atom stereocenters. The van der Waals surface area contributed by atoms with E-state index in [9.17, 15) is 13.2 Å². The molecule has 1 aliphatic rings. The van der Waals surface area contributed by atoms with Gasteiger partial charge in [-0.15, -0.1) is 0 Å². The summed E-state index contributed by atoms with van der Waals surface area (Å²) in [4.78, 5) is 11.7. The Labute approximate surface area is 174 Å². The average molecular weight is 418 g/mol. The van der Waals surface area contributed by atoms with E-state index in [0.717, 1.165) is 18.5 Å². The fourth-order valence-corrected chi connectivity index (χ4v) is 5.24. The number of piperidine rings is 1. The molecule has 158 valence electrons.